The van der Waals surface area contributed by atoms with Gasteiger partial charge in [-0.1, -0.05) is 91.0 Å². The van der Waals surface area contributed by atoms with E-state index in [9.17, 15) is 34.5 Å². The van der Waals surface area contributed by atoms with Crippen LogP contribution in [0.3, 0.4) is 0 Å². The second-order valence-electron chi connectivity index (χ2n) is 17.4. The number of aliphatic hydroxyl groups is 2. The second-order valence-corrected chi connectivity index (χ2v) is 17.4. The fourth-order valence-electron chi connectivity index (χ4n) is 8.91. The summed E-state index contributed by atoms with van der Waals surface area (Å²) in [5.74, 6) is -0.852. The van der Waals surface area contributed by atoms with Gasteiger partial charge in [-0.05, 0) is 110 Å². The van der Waals surface area contributed by atoms with Crippen molar-refractivity contribution in [2.24, 2.45) is 5.92 Å². The Balaban J connectivity index is 0.781. The highest BCUT2D eigenvalue weighted by molar-refractivity contribution is 5.94. The Morgan fingerprint density at radius 2 is 1.54 bits per heavy atom. The van der Waals surface area contributed by atoms with Gasteiger partial charge in [0.25, 0.3) is 11.8 Å². The second kappa shape index (κ2) is 21.6. The molecule has 2 fully saturated rings. The van der Waals surface area contributed by atoms with Crippen molar-refractivity contribution in [3.63, 3.8) is 0 Å². The SMILES string of the molecule is O=C(N[C@H]1CCN(C(=O)COc2cccc([C@](O)(C(=O)OCC3CCN(Cc4ccccc4)CC3)c3ccccc3)c2)C1)c1ccc(CCNC[C@H](O)c2ccc(O)c3[nH]c(=O)ccc23)cc1. The number of fused-ring (bicyclic) bond motifs is 1. The zero-order chi connectivity index (χ0) is 46.8. The van der Waals surface area contributed by atoms with E-state index in [0.717, 1.165) is 38.0 Å². The number of benzene rings is 5. The number of likely N-dealkylation sites (tertiary alicyclic amines) is 2. The van der Waals surface area contributed by atoms with Crippen molar-refractivity contribution in [3.8, 4) is 11.5 Å². The number of ether oxygens (including phenoxy) is 2. The molecular formula is C53H57N5O9. The van der Waals surface area contributed by atoms with Crippen LogP contribution < -0.4 is 20.9 Å². The van der Waals surface area contributed by atoms with Gasteiger partial charge in [0, 0.05) is 54.8 Å². The fraction of sp³-hybridized carbons (Fsp3) is 0.321. The van der Waals surface area contributed by atoms with E-state index >= 15 is 0 Å². The van der Waals surface area contributed by atoms with Crippen LogP contribution in [0.15, 0.2) is 138 Å². The first kappa shape index (κ1) is 46.7. The number of rotatable bonds is 18. The summed E-state index contributed by atoms with van der Waals surface area (Å²) in [5, 5.41) is 40.0. The number of pyridine rings is 1. The number of piperidine rings is 1. The van der Waals surface area contributed by atoms with E-state index in [1.54, 1.807) is 77.7 Å². The molecule has 0 radical (unpaired) electrons. The Labute approximate surface area is 389 Å². The number of hydrogen-bond donors (Lipinski definition) is 6. The van der Waals surface area contributed by atoms with E-state index in [4.69, 9.17) is 9.47 Å². The molecule has 0 spiro atoms. The summed E-state index contributed by atoms with van der Waals surface area (Å²) in [5.41, 5.74) is 1.80. The van der Waals surface area contributed by atoms with E-state index in [1.165, 1.54) is 17.7 Å². The van der Waals surface area contributed by atoms with Gasteiger partial charge in [0.1, 0.15) is 11.5 Å². The van der Waals surface area contributed by atoms with Gasteiger partial charge < -0.3 is 45.3 Å². The maximum absolute atomic E-state index is 13.9. The molecule has 348 valence electrons. The average Bonchev–Trinajstić information content (AvgIpc) is 3.83. The number of carbonyl (C=O) groups excluding carboxylic acids is 3. The Morgan fingerprint density at radius 3 is 2.30 bits per heavy atom. The molecule has 14 nitrogen and oxygen atoms in total. The monoisotopic (exact) mass is 907 g/mol. The first-order valence-electron chi connectivity index (χ1n) is 22.9. The van der Waals surface area contributed by atoms with Gasteiger partial charge in [0.2, 0.25) is 11.2 Å². The maximum atomic E-state index is 13.9. The molecule has 1 aromatic heterocycles. The highest BCUT2D eigenvalue weighted by atomic mass is 16.5. The van der Waals surface area contributed by atoms with Gasteiger partial charge in [-0.3, -0.25) is 19.3 Å². The Bertz CT molecular complexity index is 2690. The number of carbonyl (C=O) groups is 3. The van der Waals surface area contributed by atoms with Gasteiger partial charge in [-0.2, -0.15) is 0 Å². The van der Waals surface area contributed by atoms with E-state index in [0.29, 0.717) is 60.3 Å². The number of esters is 1. The normalized spacial score (nSPS) is 16.9. The lowest BCUT2D eigenvalue weighted by Crippen LogP contribution is -2.40. The number of aromatic amines is 1. The highest BCUT2D eigenvalue weighted by Gasteiger charge is 2.42. The van der Waals surface area contributed by atoms with Gasteiger partial charge in [0.15, 0.2) is 6.61 Å². The lowest BCUT2D eigenvalue weighted by Gasteiger charge is -2.33. The molecule has 2 saturated heterocycles. The van der Waals surface area contributed by atoms with Gasteiger partial charge in [-0.25, -0.2) is 4.79 Å². The topological polar surface area (TPSA) is 194 Å². The summed E-state index contributed by atoms with van der Waals surface area (Å²) in [6.45, 7) is 4.20. The molecule has 0 unspecified atom stereocenters. The Hall–Kier alpha value is -6.84. The highest BCUT2D eigenvalue weighted by Crippen LogP contribution is 2.34. The van der Waals surface area contributed by atoms with E-state index in [2.05, 4.69) is 32.7 Å². The molecule has 0 saturated carbocycles. The van der Waals surface area contributed by atoms with Gasteiger partial charge in [-0.15, -0.1) is 0 Å². The number of nitrogens with one attached hydrogen (secondary N) is 3. The van der Waals surface area contributed by atoms with E-state index < -0.39 is 17.7 Å². The van der Waals surface area contributed by atoms with Crippen LogP contribution in [0.2, 0.25) is 0 Å². The lowest BCUT2D eigenvalue weighted by atomic mass is 9.86. The lowest BCUT2D eigenvalue weighted by molar-refractivity contribution is -0.164. The van der Waals surface area contributed by atoms with E-state index in [1.807, 2.05) is 36.4 Å². The third-order valence-electron chi connectivity index (χ3n) is 12.8. The molecule has 2 amide bonds. The molecule has 3 atom stereocenters. The number of hydrogen-bond acceptors (Lipinski definition) is 11. The van der Waals surface area contributed by atoms with Crippen molar-refractivity contribution in [2.75, 3.05) is 52.5 Å². The van der Waals surface area contributed by atoms with Crippen LogP contribution in [0.1, 0.15) is 63.5 Å². The molecule has 2 aliphatic rings. The number of aromatic hydroxyl groups is 1. The zero-order valence-corrected chi connectivity index (χ0v) is 37.3. The number of aliphatic hydroxyl groups excluding tert-OH is 1. The summed E-state index contributed by atoms with van der Waals surface area (Å²) < 4.78 is 11.8. The number of amides is 2. The Kier molecular flexibility index (Phi) is 15.1. The molecule has 0 bridgehead atoms. The van der Waals surface area contributed by atoms with Crippen LogP contribution in [-0.2, 0) is 32.9 Å². The first-order chi connectivity index (χ1) is 32.5. The van der Waals surface area contributed by atoms with Gasteiger partial charge >= 0.3 is 5.97 Å². The Morgan fingerprint density at radius 1 is 0.806 bits per heavy atom. The van der Waals surface area contributed by atoms with Gasteiger partial charge in [0.05, 0.1) is 18.2 Å². The van der Waals surface area contributed by atoms with Crippen LogP contribution in [0.4, 0.5) is 0 Å². The largest absolute Gasteiger partial charge is 0.506 e. The minimum absolute atomic E-state index is 0.0648. The average molecular weight is 908 g/mol. The smallest absolute Gasteiger partial charge is 0.347 e. The minimum atomic E-state index is -2.11. The van der Waals surface area contributed by atoms with Crippen molar-refractivity contribution in [1.82, 2.24) is 25.4 Å². The molecular weight excluding hydrogens is 851 g/mol. The summed E-state index contributed by atoms with van der Waals surface area (Å²) in [4.78, 5) is 58.8. The minimum Gasteiger partial charge on any atom is -0.506 e. The summed E-state index contributed by atoms with van der Waals surface area (Å²) in [6, 6.07) is 38.7. The molecule has 8 rings (SSSR count). The van der Waals surface area contributed by atoms with Crippen molar-refractivity contribution >= 4 is 28.7 Å². The van der Waals surface area contributed by atoms with Crippen molar-refractivity contribution in [1.29, 1.82) is 0 Å². The number of aromatic nitrogens is 1. The predicted molar refractivity (Wildman–Crippen MR) is 253 cm³/mol. The number of nitrogens with zero attached hydrogens (tertiary/aromatic N) is 2. The van der Waals surface area contributed by atoms with Crippen molar-refractivity contribution in [2.45, 2.75) is 50.0 Å². The molecule has 5 aromatic carbocycles. The van der Waals surface area contributed by atoms with Crippen LogP contribution >= 0.6 is 0 Å². The van der Waals surface area contributed by atoms with Crippen molar-refractivity contribution in [3.05, 3.63) is 177 Å². The van der Waals surface area contributed by atoms with Crippen LogP contribution in [0.25, 0.3) is 10.9 Å². The summed E-state index contributed by atoms with van der Waals surface area (Å²) in [7, 11) is 0. The predicted octanol–water partition coefficient (Wildman–Crippen LogP) is 5.20. The molecule has 14 heteroatoms. The zero-order valence-electron chi connectivity index (χ0n) is 37.3. The number of phenols is 1. The van der Waals surface area contributed by atoms with Crippen LogP contribution in [-0.4, -0.2) is 106 Å². The maximum Gasteiger partial charge on any atom is 0.347 e. The van der Waals surface area contributed by atoms with Crippen LogP contribution in [0.5, 0.6) is 11.5 Å². The quantitative estimate of drug-likeness (QED) is 0.0491. The summed E-state index contributed by atoms with van der Waals surface area (Å²) >= 11 is 0. The molecule has 0 aliphatic carbocycles. The van der Waals surface area contributed by atoms with Crippen molar-refractivity contribution < 1.29 is 39.2 Å². The van der Waals surface area contributed by atoms with Crippen LogP contribution in [0, 0.1) is 5.92 Å². The molecule has 67 heavy (non-hydrogen) atoms. The molecule has 3 heterocycles. The third kappa shape index (κ3) is 11.6. The standard InChI is InChI=1S/C53H57N5O9/c59-46-20-18-44(45-19-21-48(61)56-50(45)46)47(60)31-54-26-22-36-14-16-39(17-15-36)51(63)55-42-25-29-58(33-42)49(62)35-66-43-13-7-12-41(30-43)53(65,40-10-5-2-6-11-40)52(64)67-34-38-23-27-57(28-24-38)32-37-8-3-1-4-9-37/h1-21,30,38,42,47,54,59-60,65H,22-29,31-35H2,(H,55,63)(H,56,61)/t42-,47-,53-/m0/s1. The fourth-order valence-corrected chi connectivity index (χ4v) is 8.91. The van der Waals surface area contributed by atoms with E-state index in [-0.39, 0.29) is 65.9 Å². The number of H-pyrrole nitrogens is 1. The summed E-state index contributed by atoms with van der Waals surface area (Å²) in [6.07, 6.45) is 2.13. The molecule has 2 aliphatic heterocycles. The number of phenolic OH excluding ortho intramolecular Hbond substituents is 1. The first-order valence-corrected chi connectivity index (χ1v) is 22.9. The molecule has 6 N–H and O–H groups in total. The molecule has 6 aromatic rings. The third-order valence-corrected chi connectivity index (χ3v) is 12.8.